The zero-order valence-corrected chi connectivity index (χ0v) is 5.98. The van der Waals surface area contributed by atoms with E-state index in [9.17, 15) is 0 Å². The molecule has 0 aromatic carbocycles. The summed E-state index contributed by atoms with van der Waals surface area (Å²) in [6.45, 7) is 2.18. The van der Waals surface area contributed by atoms with Crippen molar-refractivity contribution in [3.8, 4) is 12.0 Å². The molecule has 0 aromatic rings. The second kappa shape index (κ2) is 7.36. The van der Waals surface area contributed by atoms with Crippen LogP contribution in [-0.4, -0.2) is 5.11 Å². The summed E-state index contributed by atoms with van der Waals surface area (Å²) in [5.41, 5.74) is 0. The molecule has 1 nitrogen and oxygen atoms in total. The van der Waals surface area contributed by atoms with Crippen molar-refractivity contribution in [1.82, 2.24) is 0 Å². The molecule has 9 heavy (non-hydrogen) atoms. The van der Waals surface area contributed by atoms with Gasteiger partial charge in [-0.3, -0.25) is 0 Å². The van der Waals surface area contributed by atoms with Crippen molar-refractivity contribution in [1.29, 1.82) is 0 Å². The fourth-order valence-electron chi connectivity index (χ4n) is 0.696. The maximum atomic E-state index is 8.06. The molecule has 0 aliphatic heterocycles. The highest BCUT2D eigenvalue weighted by atomic mass is 16.2. The molecule has 0 aromatic heterocycles. The number of rotatable bonds is 4. The fourth-order valence-corrected chi connectivity index (χ4v) is 0.696. The van der Waals surface area contributed by atoms with Gasteiger partial charge in [-0.15, -0.1) is 0 Å². The second-order valence-electron chi connectivity index (χ2n) is 2.10. The number of hydrogen-bond acceptors (Lipinski definition) is 1. The van der Waals surface area contributed by atoms with Crippen molar-refractivity contribution in [2.75, 3.05) is 0 Å². The maximum absolute atomic E-state index is 8.06. The van der Waals surface area contributed by atoms with E-state index < -0.39 is 0 Å². The number of aliphatic hydroxyl groups is 1. The van der Waals surface area contributed by atoms with Gasteiger partial charge >= 0.3 is 0 Å². The van der Waals surface area contributed by atoms with Crippen LogP contribution < -0.4 is 0 Å². The SMILES string of the molecule is CCCCCCC#CO. The lowest BCUT2D eigenvalue weighted by atomic mass is 10.2. The zero-order chi connectivity index (χ0) is 6.95. The molecule has 52 valence electrons. The first-order valence-corrected chi connectivity index (χ1v) is 3.53. The lowest BCUT2D eigenvalue weighted by Crippen LogP contribution is -1.73. The van der Waals surface area contributed by atoms with Gasteiger partial charge < -0.3 is 5.11 Å². The van der Waals surface area contributed by atoms with Crippen molar-refractivity contribution in [2.24, 2.45) is 0 Å². The van der Waals surface area contributed by atoms with Gasteiger partial charge in [-0.2, -0.15) is 0 Å². The summed E-state index contributed by atoms with van der Waals surface area (Å²) in [7, 11) is 0. The van der Waals surface area contributed by atoms with Crippen LogP contribution >= 0.6 is 0 Å². The Labute approximate surface area is 57.1 Å². The van der Waals surface area contributed by atoms with Crippen molar-refractivity contribution in [3.05, 3.63) is 0 Å². The Morgan fingerprint density at radius 1 is 1.22 bits per heavy atom. The van der Waals surface area contributed by atoms with Gasteiger partial charge in [-0.25, -0.2) is 0 Å². The Morgan fingerprint density at radius 2 is 2.00 bits per heavy atom. The lowest BCUT2D eigenvalue weighted by Gasteiger charge is -1.90. The molecule has 0 unspecified atom stereocenters. The van der Waals surface area contributed by atoms with Crippen molar-refractivity contribution < 1.29 is 5.11 Å². The molecule has 0 fully saturated rings. The molecule has 0 aliphatic rings. The van der Waals surface area contributed by atoms with Crippen LogP contribution in [0, 0.1) is 12.0 Å². The standard InChI is InChI=1S/C8H14O/c1-2-3-4-5-6-7-8-9/h9H,2-6H2,1H3. The maximum Gasteiger partial charge on any atom is 0.107 e. The molecule has 1 heteroatoms. The normalized spacial score (nSPS) is 8.11. The van der Waals surface area contributed by atoms with Gasteiger partial charge in [0.15, 0.2) is 0 Å². The van der Waals surface area contributed by atoms with Gasteiger partial charge in [0, 0.05) is 6.42 Å². The topological polar surface area (TPSA) is 20.2 Å². The Kier molecular flexibility index (Phi) is 6.84. The van der Waals surface area contributed by atoms with E-state index >= 15 is 0 Å². The van der Waals surface area contributed by atoms with Crippen LogP contribution in [0.15, 0.2) is 0 Å². The Balaban J connectivity index is 2.80. The average molecular weight is 126 g/mol. The van der Waals surface area contributed by atoms with Crippen LogP contribution in [0.5, 0.6) is 0 Å². The fraction of sp³-hybridized carbons (Fsp3) is 0.750. The second-order valence-corrected chi connectivity index (χ2v) is 2.10. The summed E-state index contributed by atoms with van der Waals surface area (Å²) in [4.78, 5) is 0. The van der Waals surface area contributed by atoms with E-state index in [1.165, 1.54) is 19.3 Å². The molecular formula is C8H14O. The highest BCUT2D eigenvalue weighted by Crippen LogP contribution is 2.00. The first kappa shape index (κ1) is 8.36. The molecule has 0 amide bonds. The van der Waals surface area contributed by atoms with E-state index in [2.05, 4.69) is 12.8 Å². The van der Waals surface area contributed by atoms with E-state index in [0.29, 0.717) is 0 Å². The molecule has 0 bridgehead atoms. The van der Waals surface area contributed by atoms with Crippen molar-refractivity contribution in [2.45, 2.75) is 39.0 Å². The Bertz CT molecular complexity index is 96.9. The van der Waals surface area contributed by atoms with E-state index in [1.807, 2.05) is 6.11 Å². The molecule has 0 heterocycles. The van der Waals surface area contributed by atoms with Gasteiger partial charge in [0.1, 0.15) is 6.11 Å². The molecule has 0 spiro atoms. The number of aliphatic hydroxyl groups excluding tert-OH is 1. The average Bonchev–Trinajstić information content (AvgIpc) is 1.89. The van der Waals surface area contributed by atoms with Gasteiger partial charge in [0.25, 0.3) is 0 Å². The van der Waals surface area contributed by atoms with Gasteiger partial charge in [0.2, 0.25) is 0 Å². The minimum Gasteiger partial charge on any atom is -0.462 e. The molecular weight excluding hydrogens is 112 g/mol. The van der Waals surface area contributed by atoms with E-state index in [-0.39, 0.29) is 0 Å². The third-order valence-electron chi connectivity index (χ3n) is 1.23. The molecule has 0 aliphatic carbocycles. The number of hydrogen-bond donors (Lipinski definition) is 1. The van der Waals surface area contributed by atoms with Gasteiger partial charge in [-0.05, 0) is 6.42 Å². The summed E-state index contributed by atoms with van der Waals surface area (Å²) >= 11 is 0. The number of unbranched alkanes of at least 4 members (excludes halogenated alkanes) is 4. The quantitative estimate of drug-likeness (QED) is 0.452. The summed E-state index contributed by atoms with van der Waals surface area (Å²) in [6, 6.07) is 0. The van der Waals surface area contributed by atoms with Crippen LogP contribution in [0.1, 0.15) is 39.0 Å². The summed E-state index contributed by atoms with van der Waals surface area (Å²) in [6.07, 6.45) is 7.65. The van der Waals surface area contributed by atoms with Crippen molar-refractivity contribution in [3.63, 3.8) is 0 Å². The predicted molar refractivity (Wildman–Crippen MR) is 38.5 cm³/mol. The van der Waals surface area contributed by atoms with Crippen LogP contribution in [0.3, 0.4) is 0 Å². The smallest absolute Gasteiger partial charge is 0.107 e. The van der Waals surface area contributed by atoms with Gasteiger partial charge in [0.05, 0.1) is 0 Å². The summed E-state index contributed by atoms with van der Waals surface area (Å²) in [5, 5.41) is 8.06. The monoisotopic (exact) mass is 126 g/mol. The predicted octanol–water partition coefficient (Wildman–Crippen LogP) is 2.29. The molecule has 0 atom stereocenters. The highest BCUT2D eigenvalue weighted by Gasteiger charge is 1.82. The van der Waals surface area contributed by atoms with Crippen LogP contribution in [-0.2, 0) is 0 Å². The van der Waals surface area contributed by atoms with E-state index in [4.69, 9.17) is 5.11 Å². The third kappa shape index (κ3) is 7.36. The first-order chi connectivity index (χ1) is 4.41. The lowest BCUT2D eigenvalue weighted by molar-refractivity contribution is 0.515. The van der Waals surface area contributed by atoms with E-state index in [1.54, 1.807) is 0 Å². The molecule has 0 radical (unpaired) electrons. The molecule has 0 rings (SSSR count). The summed E-state index contributed by atoms with van der Waals surface area (Å²) in [5.74, 6) is 2.61. The van der Waals surface area contributed by atoms with Crippen molar-refractivity contribution >= 4 is 0 Å². The first-order valence-electron chi connectivity index (χ1n) is 3.53. The highest BCUT2D eigenvalue weighted by molar-refractivity contribution is 4.88. The summed E-state index contributed by atoms with van der Waals surface area (Å²) < 4.78 is 0. The minimum absolute atomic E-state index is 0.844. The zero-order valence-electron chi connectivity index (χ0n) is 5.98. The largest absolute Gasteiger partial charge is 0.462 e. The van der Waals surface area contributed by atoms with Crippen LogP contribution in [0.2, 0.25) is 0 Å². The molecule has 0 saturated carbocycles. The molecule has 0 saturated heterocycles. The van der Waals surface area contributed by atoms with Crippen LogP contribution in [0.25, 0.3) is 0 Å². The van der Waals surface area contributed by atoms with E-state index in [0.717, 1.165) is 12.8 Å². The Hall–Kier alpha value is -0.640. The third-order valence-corrected chi connectivity index (χ3v) is 1.23. The van der Waals surface area contributed by atoms with Crippen LogP contribution in [0.4, 0.5) is 0 Å². The Morgan fingerprint density at radius 3 is 2.56 bits per heavy atom. The van der Waals surface area contributed by atoms with Gasteiger partial charge in [-0.1, -0.05) is 32.1 Å². The minimum atomic E-state index is 0.844. The molecule has 1 N–H and O–H groups in total.